The lowest BCUT2D eigenvalue weighted by atomic mass is 10.2. The number of carbonyl (C=O) groups excluding carboxylic acids is 2. The molecule has 0 aromatic carbocycles. The van der Waals surface area contributed by atoms with E-state index >= 15 is 0 Å². The van der Waals surface area contributed by atoms with Crippen LogP contribution in [-0.4, -0.2) is 30.2 Å². The quantitative estimate of drug-likeness (QED) is 0.661. The molecule has 0 saturated carbocycles. The van der Waals surface area contributed by atoms with Gasteiger partial charge in [0.2, 0.25) is 0 Å². The Labute approximate surface area is 83.5 Å². The van der Waals surface area contributed by atoms with Crippen molar-refractivity contribution in [2.24, 2.45) is 5.73 Å². The second-order valence-corrected chi connectivity index (χ2v) is 3.33. The summed E-state index contributed by atoms with van der Waals surface area (Å²) in [5.74, 6) is -1.03. The maximum Gasteiger partial charge on any atom is 0.327 e. The van der Waals surface area contributed by atoms with Crippen molar-refractivity contribution in [2.45, 2.75) is 45.9 Å². The fourth-order valence-electron chi connectivity index (χ4n) is 0.838. The summed E-state index contributed by atoms with van der Waals surface area (Å²) < 4.78 is 9.61. The molecule has 0 aromatic heterocycles. The molecule has 0 radical (unpaired) electrons. The number of ether oxygens (including phenoxy) is 2. The summed E-state index contributed by atoms with van der Waals surface area (Å²) in [5, 5.41) is 0. The minimum Gasteiger partial charge on any atom is -0.462 e. The van der Waals surface area contributed by atoms with E-state index in [1.807, 2.05) is 0 Å². The van der Waals surface area contributed by atoms with Gasteiger partial charge in [-0.2, -0.15) is 0 Å². The normalized spacial score (nSPS) is 14.7. The average Bonchev–Trinajstić information content (AvgIpc) is 2.00. The molecule has 82 valence electrons. The van der Waals surface area contributed by atoms with Gasteiger partial charge < -0.3 is 15.2 Å². The van der Waals surface area contributed by atoms with E-state index in [1.54, 1.807) is 20.8 Å². The van der Waals surface area contributed by atoms with Gasteiger partial charge in [-0.1, -0.05) is 0 Å². The highest BCUT2D eigenvalue weighted by Gasteiger charge is 2.25. The largest absolute Gasteiger partial charge is 0.462 e. The Hall–Kier alpha value is -1.10. The molecule has 2 N–H and O–H groups in total. The summed E-state index contributed by atoms with van der Waals surface area (Å²) >= 11 is 0. The molecule has 0 saturated heterocycles. The minimum atomic E-state index is -0.929. The van der Waals surface area contributed by atoms with E-state index in [2.05, 4.69) is 0 Å². The number of hydrogen-bond donors (Lipinski definition) is 1. The van der Waals surface area contributed by atoms with Crippen molar-refractivity contribution < 1.29 is 19.1 Å². The lowest BCUT2D eigenvalue weighted by Gasteiger charge is -2.19. The van der Waals surface area contributed by atoms with Crippen molar-refractivity contribution >= 4 is 11.9 Å². The molecule has 2 unspecified atom stereocenters. The highest BCUT2D eigenvalue weighted by atomic mass is 16.6. The van der Waals surface area contributed by atoms with Crippen LogP contribution in [0.2, 0.25) is 0 Å². The van der Waals surface area contributed by atoms with Gasteiger partial charge in [-0.25, -0.2) is 0 Å². The Morgan fingerprint density at radius 3 is 2.00 bits per heavy atom. The fraction of sp³-hybridized carbons (Fsp3) is 0.778. The number of esters is 2. The zero-order chi connectivity index (χ0) is 11.3. The molecule has 0 aromatic rings. The smallest absolute Gasteiger partial charge is 0.327 e. The Morgan fingerprint density at radius 1 is 1.14 bits per heavy atom. The molecule has 0 amide bonds. The molecular weight excluding hydrogens is 186 g/mol. The molecule has 0 aliphatic heterocycles. The lowest BCUT2D eigenvalue weighted by molar-refractivity contribution is -0.157. The van der Waals surface area contributed by atoms with Gasteiger partial charge in [0.15, 0.2) is 0 Å². The molecule has 5 heteroatoms. The lowest BCUT2D eigenvalue weighted by Crippen LogP contribution is -2.44. The molecule has 2 atom stereocenters. The van der Waals surface area contributed by atoms with Crippen LogP contribution >= 0.6 is 0 Å². The van der Waals surface area contributed by atoms with Crippen LogP contribution in [0, 0.1) is 0 Å². The van der Waals surface area contributed by atoms with Crippen molar-refractivity contribution in [1.82, 2.24) is 0 Å². The Morgan fingerprint density at radius 2 is 1.64 bits per heavy atom. The minimum absolute atomic E-state index is 0.224. The highest BCUT2D eigenvalue weighted by molar-refractivity contribution is 5.77. The number of nitrogens with two attached hydrogens (primary N) is 1. The van der Waals surface area contributed by atoms with Crippen LogP contribution in [0.15, 0.2) is 0 Å². The van der Waals surface area contributed by atoms with Crippen molar-refractivity contribution in [1.29, 1.82) is 0 Å². The SMILES string of the molecule is CC(=O)OC(C)C(N)C(=O)OC(C)C. The van der Waals surface area contributed by atoms with Gasteiger partial charge in [-0.3, -0.25) is 9.59 Å². The first-order valence-corrected chi connectivity index (χ1v) is 4.48. The van der Waals surface area contributed by atoms with E-state index in [4.69, 9.17) is 15.2 Å². The van der Waals surface area contributed by atoms with Gasteiger partial charge >= 0.3 is 11.9 Å². The molecule has 0 aliphatic rings. The molecule has 14 heavy (non-hydrogen) atoms. The number of hydrogen-bond acceptors (Lipinski definition) is 5. The third kappa shape index (κ3) is 4.81. The van der Waals surface area contributed by atoms with Gasteiger partial charge in [0, 0.05) is 6.92 Å². The van der Waals surface area contributed by atoms with E-state index in [0.717, 1.165) is 0 Å². The van der Waals surface area contributed by atoms with Crippen LogP contribution in [0.5, 0.6) is 0 Å². The molecule has 0 heterocycles. The third-order valence-electron chi connectivity index (χ3n) is 1.48. The van der Waals surface area contributed by atoms with Crippen LogP contribution in [0.1, 0.15) is 27.7 Å². The predicted octanol–water partition coefficient (Wildman–Crippen LogP) is 0.217. The second-order valence-electron chi connectivity index (χ2n) is 3.33. The van der Waals surface area contributed by atoms with Crippen molar-refractivity contribution in [3.05, 3.63) is 0 Å². The van der Waals surface area contributed by atoms with Crippen molar-refractivity contribution in [3.63, 3.8) is 0 Å². The van der Waals surface area contributed by atoms with Gasteiger partial charge in [0.05, 0.1) is 6.10 Å². The van der Waals surface area contributed by atoms with E-state index in [1.165, 1.54) is 6.92 Å². The fourth-order valence-corrected chi connectivity index (χ4v) is 0.838. The van der Waals surface area contributed by atoms with E-state index in [9.17, 15) is 9.59 Å². The monoisotopic (exact) mass is 203 g/mol. The molecule has 0 spiro atoms. The molecule has 0 fully saturated rings. The zero-order valence-electron chi connectivity index (χ0n) is 8.94. The van der Waals surface area contributed by atoms with Gasteiger partial charge in [-0.05, 0) is 20.8 Å². The van der Waals surface area contributed by atoms with Gasteiger partial charge in [-0.15, -0.1) is 0 Å². The molecular formula is C9H17NO4. The van der Waals surface area contributed by atoms with E-state index in [0.29, 0.717) is 0 Å². The molecule has 5 nitrogen and oxygen atoms in total. The van der Waals surface area contributed by atoms with Crippen LogP contribution in [0.3, 0.4) is 0 Å². The molecule has 0 aliphatic carbocycles. The summed E-state index contributed by atoms with van der Waals surface area (Å²) in [6.07, 6.45) is -0.892. The first-order chi connectivity index (χ1) is 6.34. The second kappa shape index (κ2) is 5.59. The predicted molar refractivity (Wildman–Crippen MR) is 50.4 cm³/mol. The van der Waals surface area contributed by atoms with Crippen molar-refractivity contribution in [2.75, 3.05) is 0 Å². The molecule has 0 bridgehead atoms. The van der Waals surface area contributed by atoms with Crippen LogP contribution in [0.25, 0.3) is 0 Å². The van der Waals surface area contributed by atoms with Crippen molar-refractivity contribution in [3.8, 4) is 0 Å². The average molecular weight is 203 g/mol. The van der Waals surface area contributed by atoms with Crippen LogP contribution < -0.4 is 5.73 Å². The van der Waals surface area contributed by atoms with E-state index < -0.39 is 24.1 Å². The van der Waals surface area contributed by atoms with Crippen LogP contribution in [0.4, 0.5) is 0 Å². The van der Waals surface area contributed by atoms with Gasteiger partial charge in [0.25, 0.3) is 0 Å². The summed E-state index contributed by atoms with van der Waals surface area (Å²) in [7, 11) is 0. The maximum atomic E-state index is 11.2. The first-order valence-electron chi connectivity index (χ1n) is 4.48. The number of carbonyl (C=O) groups is 2. The third-order valence-corrected chi connectivity index (χ3v) is 1.48. The summed E-state index contributed by atoms with van der Waals surface area (Å²) in [5.41, 5.74) is 5.51. The summed E-state index contributed by atoms with van der Waals surface area (Å²) in [6, 6.07) is -0.929. The van der Waals surface area contributed by atoms with Gasteiger partial charge in [0.1, 0.15) is 12.1 Å². The van der Waals surface area contributed by atoms with Crippen LogP contribution in [-0.2, 0) is 19.1 Å². The molecule has 0 rings (SSSR count). The highest BCUT2D eigenvalue weighted by Crippen LogP contribution is 2.01. The summed E-state index contributed by atoms with van der Waals surface area (Å²) in [6.45, 7) is 6.26. The maximum absolute atomic E-state index is 11.2. The first kappa shape index (κ1) is 12.9. The topological polar surface area (TPSA) is 78.6 Å². The number of rotatable bonds is 4. The summed E-state index contributed by atoms with van der Waals surface area (Å²) in [4.78, 5) is 21.8. The Balaban J connectivity index is 4.10. The Bertz CT molecular complexity index is 215. The Kier molecular flexibility index (Phi) is 5.15. The standard InChI is InChI=1S/C9H17NO4/c1-5(2)13-9(12)8(10)6(3)14-7(4)11/h5-6,8H,10H2,1-4H3. The van der Waals surface area contributed by atoms with E-state index in [-0.39, 0.29) is 6.10 Å². The zero-order valence-corrected chi connectivity index (χ0v) is 8.94.